The third kappa shape index (κ3) is 16.5. The molecular formula is C50H69ClGdN9O8. The summed E-state index contributed by atoms with van der Waals surface area (Å²) in [6, 6.07) is 16.3. The van der Waals surface area contributed by atoms with Crippen LogP contribution in [0, 0.1) is 63.6 Å². The van der Waals surface area contributed by atoms with Crippen molar-refractivity contribution in [1.82, 2.24) is 45.3 Å². The molecule has 1 aromatic heterocycles. The number of carbonyl (C=O) groups excluding carboxylic acids is 5. The van der Waals surface area contributed by atoms with Crippen molar-refractivity contribution in [2.75, 3.05) is 91.6 Å². The zero-order valence-electron chi connectivity index (χ0n) is 40.5. The minimum absolute atomic E-state index is 0. The Morgan fingerprint density at radius 3 is 1.78 bits per heavy atom. The summed E-state index contributed by atoms with van der Waals surface area (Å²) in [5.41, 5.74) is 5.48. The number of carboxylic acids is 3. The molecule has 3 fully saturated rings. The summed E-state index contributed by atoms with van der Waals surface area (Å²) in [7, 11) is 0. The Morgan fingerprint density at radius 1 is 0.725 bits per heavy atom. The molecule has 3 unspecified atom stereocenters. The van der Waals surface area contributed by atoms with E-state index in [1.165, 1.54) is 6.42 Å². The molecule has 3 atom stereocenters. The number of unbranched alkanes of at least 4 members (excludes halogenated alkanes) is 2. The predicted molar refractivity (Wildman–Crippen MR) is 253 cm³/mol. The Morgan fingerprint density at radius 2 is 1.26 bits per heavy atom. The van der Waals surface area contributed by atoms with Crippen molar-refractivity contribution in [3.05, 3.63) is 75.9 Å². The van der Waals surface area contributed by atoms with E-state index in [-0.39, 0.29) is 134 Å². The average Bonchev–Trinajstić information content (AvgIpc) is 3.94. The van der Waals surface area contributed by atoms with Crippen LogP contribution in [0.4, 0.5) is 0 Å². The van der Waals surface area contributed by atoms with Crippen LogP contribution in [0.15, 0.2) is 48.5 Å². The van der Waals surface area contributed by atoms with Crippen molar-refractivity contribution in [2.45, 2.75) is 85.4 Å². The Hall–Kier alpha value is -3.59. The number of rotatable bonds is 21. The van der Waals surface area contributed by atoms with Crippen LogP contribution in [-0.2, 0) is 32.3 Å². The first-order valence-corrected chi connectivity index (χ1v) is 24.5. The summed E-state index contributed by atoms with van der Waals surface area (Å²) in [6.45, 7) is 12.5. The number of hydrogen-bond acceptors (Lipinski definition) is 14. The number of halogens is 1. The van der Waals surface area contributed by atoms with Gasteiger partial charge >= 0.3 is 39.9 Å². The average molecular weight is 1120 g/mol. The van der Waals surface area contributed by atoms with E-state index in [1.807, 2.05) is 40.8 Å². The van der Waals surface area contributed by atoms with Crippen LogP contribution in [0.3, 0.4) is 0 Å². The van der Waals surface area contributed by atoms with E-state index in [0.29, 0.717) is 49.4 Å². The van der Waals surface area contributed by atoms with Crippen LogP contribution >= 0.6 is 11.6 Å². The van der Waals surface area contributed by atoms with Crippen molar-refractivity contribution < 1.29 is 79.2 Å². The zero-order valence-corrected chi connectivity index (χ0v) is 43.5. The standard InChI is InChI=1S/C50H72ClN9O8.Gd/c1-35-26-38(12-13-40(35)51)42-27-41(47(68)54-48-49(2,3)39-14-15-50(48,4)28-39)55-60(42)30-37-10-8-36(9-11-37)29-52-16-6-5-7-17-53-43(61)31-56-18-20-57(32-44(62)63)22-24-59(34-46(66)67)25-23-58(21-19-56)33-45(64)65;/h8-13,26-27,39,48,52H,5-7,14-25,28-34H2,1-4H3,(H,53,61)(H,54,68)(H,62,63)(H,64,65)(H,66,67);/q;+3/p-3. The van der Waals surface area contributed by atoms with Gasteiger partial charge in [-0.05, 0) is 97.2 Å². The number of amides is 2. The first kappa shape index (κ1) is 56.3. The molecule has 69 heavy (non-hydrogen) atoms. The molecule has 1 aliphatic heterocycles. The van der Waals surface area contributed by atoms with Gasteiger partial charge in [-0.2, -0.15) is 5.10 Å². The number of carbonyl (C=O) groups is 5. The first-order valence-electron chi connectivity index (χ1n) is 24.1. The third-order valence-electron chi connectivity index (χ3n) is 14.4. The predicted octanol–water partition coefficient (Wildman–Crippen LogP) is 0.352. The van der Waals surface area contributed by atoms with Gasteiger partial charge in [0.15, 0.2) is 5.69 Å². The van der Waals surface area contributed by atoms with Gasteiger partial charge in [0.25, 0.3) is 5.91 Å². The fourth-order valence-corrected chi connectivity index (χ4v) is 10.6. The van der Waals surface area contributed by atoms with E-state index in [4.69, 9.17) is 16.7 Å². The number of nitrogens with zero attached hydrogens (tertiary/aromatic N) is 6. The molecule has 2 saturated carbocycles. The molecule has 2 amide bonds. The van der Waals surface area contributed by atoms with Crippen LogP contribution in [0.5, 0.6) is 0 Å². The zero-order chi connectivity index (χ0) is 49.0. The fourth-order valence-electron chi connectivity index (χ4n) is 10.5. The number of carboxylic acid groups (broad SMARTS) is 3. The largest absolute Gasteiger partial charge is 3.00 e. The molecule has 2 aromatic carbocycles. The Kier molecular flexibility index (Phi) is 21.4. The molecule has 6 rings (SSSR count). The molecule has 0 spiro atoms. The first-order chi connectivity index (χ1) is 32.4. The van der Waals surface area contributed by atoms with Crippen molar-refractivity contribution >= 4 is 41.3 Å². The maximum atomic E-state index is 13.9. The van der Waals surface area contributed by atoms with Gasteiger partial charge in [0, 0.05) is 102 Å². The molecule has 3 aliphatic rings. The number of fused-ring (bicyclic) bond motifs is 2. The molecule has 377 valence electrons. The summed E-state index contributed by atoms with van der Waals surface area (Å²) in [5.74, 6) is -3.52. The number of aryl methyl sites for hydroxylation is 1. The molecule has 17 nitrogen and oxygen atoms in total. The molecule has 3 aromatic rings. The van der Waals surface area contributed by atoms with Gasteiger partial charge < -0.3 is 45.7 Å². The summed E-state index contributed by atoms with van der Waals surface area (Å²) < 4.78 is 1.91. The van der Waals surface area contributed by atoms with Gasteiger partial charge in [-0.15, -0.1) is 0 Å². The van der Waals surface area contributed by atoms with Gasteiger partial charge in [0.05, 0.1) is 36.7 Å². The molecule has 2 bridgehead atoms. The van der Waals surface area contributed by atoms with E-state index in [9.17, 15) is 39.3 Å². The number of benzene rings is 2. The third-order valence-corrected chi connectivity index (χ3v) is 14.8. The van der Waals surface area contributed by atoms with Crippen LogP contribution in [0.2, 0.25) is 5.02 Å². The van der Waals surface area contributed by atoms with E-state index in [0.717, 1.165) is 66.6 Å². The fraction of sp³-hybridized carbons (Fsp3) is 0.600. The monoisotopic (exact) mass is 1120 g/mol. The van der Waals surface area contributed by atoms with E-state index >= 15 is 0 Å². The van der Waals surface area contributed by atoms with Crippen molar-refractivity contribution in [2.24, 2.45) is 16.7 Å². The number of nitrogens with one attached hydrogen (secondary N) is 3. The second-order valence-electron chi connectivity index (χ2n) is 20.0. The Bertz CT molecular complexity index is 2190. The quantitative estimate of drug-likeness (QED) is 0.123. The summed E-state index contributed by atoms with van der Waals surface area (Å²) in [5, 5.41) is 49.7. The minimum atomic E-state index is -1.28. The molecule has 19 heteroatoms. The SMILES string of the molecule is Cc1cc(-c2cc(C(=O)NC3C4(C)CCC(C4)C3(C)C)nn2Cc2ccc(CNCCCCCNC(=O)CN3CCN(CC(=O)[O-])CCN(CC(=O)[O-])CCN(CC(=O)[O-])CC3)cc2)ccc1Cl.[Gd+3]. The molecule has 1 saturated heterocycles. The minimum Gasteiger partial charge on any atom is -0.549 e. The maximum Gasteiger partial charge on any atom is 3.00 e. The summed E-state index contributed by atoms with van der Waals surface area (Å²) in [6.07, 6.45) is 6.10. The molecule has 2 heterocycles. The number of aliphatic carboxylic acids is 3. The van der Waals surface area contributed by atoms with E-state index in [1.54, 1.807) is 14.7 Å². The van der Waals surface area contributed by atoms with Gasteiger partial charge in [0.1, 0.15) is 0 Å². The number of aromatic nitrogens is 2. The smallest absolute Gasteiger partial charge is 0.549 e. The van der Waals surface area contributed by atoms with Gasteiger partial charge in [-0.3, -0.25) is 33.9 Å². The summed E-state index contributed by atoms with van der Waals surface area (Å²) >= 11 is 6.40. The molecule has 2 aliphatic carbocycles. The van der Waals surface area contributed by atoms with Gasteiger partial charge in [-0.25, -0.2) is 0 Å². The number of hydrogen-bond donors (Lipinski definition) is 3. The van der Waals surface area contributed by atoms with Gasteiger partial charge in [-0.1, -0.05) is 69.1 Å². The molecular weight excluding hydrogens is 1050 g/mol. The topological polar surface area (TPSA) is 221 Å². The van der Waals surface area contributed by atoms with Crippen LogP contribution in [0.1, 0.15) is 86.5 Å². The van der Waals surface area contributed by atoms with Crippen molar-refractivity contribution in [3.63, 3.8) is 0 Å². The Labute approximate surface area is 443 Å². The Balaban J connectivity index is 0.00000888. The molecule has 3 N–H and O–H groups in total. The van der Waals surface area contributed by atoms with Gasteiger partial charge in [0.2, 0.25) is 5.91 Å². The maximum absolute atomic E-state index is 13.9. The van der Waals surface area contributed by atoms with E-state index in [2.05, 4.69) is 61.0 Å². The normalized spacial score (nSPS) is 21.5. The van der Waals surface area contributed by atoms with Crippen LogP contribution in [-0.4, -0.2) is 157 Å². The van der Waals surface area contributed by atoms with E-state index < -0.39 is 17.9 Å². The van der Waals surface area contributed by atoms with Crippen LogP contribution in [0.25, 0.3) is 11.3 Å². The van der Waals surface area contributed by atoms with Crippen LogP contribution < -0.4 is 31.3 Å². The summed E-state index contributed by atoms with van der Waals surface area (Å²) in [4.78, 5) is 67.9. The molecule has 1 radical (unpaired) electrons. The van der Waals surface area contributed by atoms with Crippen molar-refractivity contribution in [1.29, 1.82) is 0 Å². The van der Waals surface area contributed by atoms with Crippen molar-refractivity contribution in [3.8, 4) is 11.3 Å². The second kappa shape index (κ2) is 26.2. The second-order valence-corrected chi connectivity index (χ2v) is 20.4.